The van der Waals surface area contributed by atoms with Gasteiger partial charge in [-0.1, -0.05) is 0 Å². The van der Waals surface area contributed by atoms with E-state index in [9.17, 15) is 18.3 Å². The first-order valence-corrected chi connectivity index (χ1v) is 5.82. The van der Waals surface area contributed by atoms with E-state index in [1.54, 1.807) is 0 Å². The normalized spacial score (nSPS) is 16.9. The van der Waals surface area contributed by atoms with Gasteiger partial charge in [0.2, 0.25) is 0 Å². The van der Waals surface area contributed by atoms with Crippen molar-refractivity contribution >= 4 is 0 Å². The maximum Gasteiger partial charge on any atom is 0.416 e. The Hall–Kier alpha value is -1.47. The smallest absolute Gasteiger partial charge is 0.416 e. The molecule has 0 radical (unpaired) electrons. The van der Waals surface area contributed by atoms with Gasteiger partial charge in [-0.25, -0.2) is 0 Å². The van der Waals surface area contributed by atoms with Gasteiger partial charge in [0.1, 0.15) is 0 Å². The number of hydrogen-bond acceptors (Lipinski definition) is 4. The average molecular weight is 277 g/mol. The molecule has 7 heteroatoms. The first kappa shape index (κ1) is 14.0. The summed E-state index contributed by atoms with van der Waals surface area (Å²) in [5.41, 5.74) is 3.99. The van der Waals surface area contributed by atoms with Crippen LogP contribution in [0.5, 0.6) is 11.5 Å². The summed E-state index contributed by atoms with van der Waals surface area (Å²) in [6.07, 6.45) is -5.39. The first-order chi connectivity index (χ1) is 8.93. The Balaban J connectivity index is 2.54. The summed E-state index contributed by atoms with van der Waals surface area (Å²) in [6, 6.07) is 2.01. The average Bonchev–Trinajstić information content (AvgIpc) is 2.59. The zero-order chi connectivity index (χ0) is 14.0. The minimum Gasteiger partial charge on any atom is -0.490 e. The van der Waals surface area contributed by atoms with Crippen LogP contribution in [0, 0.1) is 0 Å². The highest BCUT2D eigenvalue weighted by molar-refractivity contribution is 5.49. The Morgan fingerprint density at radius 2 is 1.79 bits per heavy atom. The van der Waals surface area contributed by atoms with E-state index in [2.05, 4.69) is 0 Å². The molecule has 0 bridgehead atoms. The fourth-order valence-corrected chi connectivity index (χ4v) is 1.87. The number of aliphatic hydroxyl groups excluding tert-OH is 1. The minimum atomic E-state index is -4.59. The fourth-order valence-electron chi connectivity index (χ4n) is 1.87. The molecule has 1 heterocycles. The fraction of sp³-hybridized carbons (Fsp3) is 0.500. The van der Waals surface area contributed by atoms with Gasteiger partial charge in [-0.3, -0.25) is 0 Å². The van der Waals surface area contributed by atoms with Crippen LogP contribution in [-0.2, 0) is 6.18 Å². The molecule has 0 saturated carbocycles. The molecule has 1 aliphatic heterocycles. The Bertz CT molecular complexity index is 462. The van der Waals surface area contributed by atoms with E-state index in [4.69, 9.17) is 15.2 Å². The zero-order valence-corrected chi connectivity index (χ0v) is 10.0. The van der Waals surface area contributed by atoms with Crippen LogP contribution in [-0.4, -0.2) is 24.9 Å². The van der Waals surface area contributed by atoms with E-state index in [0.29, 0.717) is 19.6 Å². The second-order valence-electron chi connectivity index (χ2n) is 4.19. The van der Waals surface area contributed by atoms with Gasteiger partial charge in [-0.05, 0) is 17.7 Å². The van der Waals surface area contributed by atoms with Gasteiger partial charge in [-0.2, -0.15) is 13.2 Å². The lowest BCUT2D eigenvalue weighted by Gasteiger charge is -2.19. The highest BCUT2D eigenvalue weighted by Crippen LogP contribution is 2.41. The lowest BCUT2D eigenvalue weighted by molar-refractivity contribution is -0.139. The van der Waals surface area contributed by atoms with Crippen molar-refractivity contribution in [2.24, 2.45) is 5.73 Å². The van der Waals surface area contributed by atoms with Crippen molar-refractivity contribution in [1.29, 1.82) is 0 Å². The number of ether oxygens (including phenoxy) is 2. The summed E-state index contributed by atoms with van der Waals surface area (Å²) in [5.74, 6) is 0.241. The Labute approximate surface area is 107 Å². The monoisotopic (exact) mass is 277 g/mol. The molecular weight excluding hydrogens is 263 g/mol. The molecule has 1 aromatic carbocycles. The summed E-state index contributed by atoms with van der Waals surface area (Å²) in [4.78, 5) is 0. The second-order valence-corrected chi connectivity index (χ2v) is 4.19. The number of rotatable bonds is 2. The summed E-state index contributed by atoms with van der Waals surface area (Å²) in [7, 11) is 0. The summed E-state index contributed by atoms with van der Waals surface area (Å²) in [6.45, 7) is 0.350. The molecule has 4 nitrogen and oxygen atoms in total. The van der Waals surface area contributed by atoms with Gasteiger partial charge in [0, 0.05) is 13.0 Å². The molecule has 106 valence electrons. The number of hydrogen-bond donors (Lipinski definition) is 2. The van der Waals surface area contributed by atoms with Gasteiger partial charge in [-0.15, -0.1) is 0 Å². The summed E-state index contributed by atoms with van der Waals surface area (Å²) >= 11 is 0. The minimum absolute atomic E-state index is 0.0396. The third kappa shape index (κ3) is 2.93. The zero-order valence-electron chi connectivity index (χ0n) is 10.0. The number of aliphatic hydroxyl groups is 1. The summed E-state index contributed by atoms with van der Waals surface area (Å²) < 4.78 is 49.4. The van der Waals surface area contributed by atoms with Crippen LogP contribution in [0.25, 0.3) is 0 Å². The Kier molecular flexibility index (Phi) is 3.86. The molecule has 1 unspecified atom stereocenters. The number of alkyl halides is 3. The van der Waals surface area contributed by atoms with Crippen molar-refractivity contribution in [2.45, 2.75) is 18.7 Å². The van der Waals surface area contributed by atoms with Crippen LogP contribution >= 0.6 is 0 Å². The molecule has 0 aromatic heterocycles. The quantitative estimate of drug-likeness (QED) is 0.866. The van der Waals surface area contributed by atoms with Gasteiger partial charge in [0.25, 0.3) is 0 Å². The van der Waals surface area contributed by atoms with Crippen molar-refractivity contribution in [3.05, 3.63) is 23.3 Å². The van der Waals surface area contributed by atoms with E-state index in [1.165, 1.54) is 0 Å². The van der Waals surface area contributed by atoms with Crippen LogP contribution in [0.1, 0.15) is 23.7 Å². The number of fused-ring (bicyclic) bond motifs is 1. The molecule has 19 heavy (non-hydrogen) atoms. The van der Waals surface area contributed by atoms with E-state index in [0.717, 1.165) is 12.1 Å². The molecular formula is C12H14F3NO3. The van der Waals surface area contributed by atoms with Gasteiger partial charge >= 0.3 is 6.18 Å². The first-order valence-electron chi connectivity index (χ1n) is 5.82. The van der Waals surface area contributed by atoms with Crippen LogP contribution in [0.3, 0.4) is 0 Å². The van der Waals surface area contributed by atoms with Crippen LogP contribution in [0.15, 0.2) is 12.1 Å². The molecule has 0 spiro atoms. The van der Waals surface area contributed by atoms with Crippen LogP contribution < -0.4 is 15.2 Å². The maximum absolute atomic E-state index is 13.0. The van der Waals surface area contributed by atoms with Crippen LogP contribution in [0.2, 0.25) is 0 Å². The predicted molar refractivity (Wildman–Crippen MR) is 61.1 cm³/mol. The highest BCUT2D eigenvalue weighted by Gasteiger charge is 2.36. The van der Waals surface area contributed by atoms with E-state index in [1.807, 2.05) is 0 Å². The number of benzene rings is 1. The lowest BCUT2D eigenvalue weighted by Crippen LogP contribution is -2.18. The molecule has 1 aliphatic rings. The van der Waals surface area contributed by atoms with Crippen molar-refractivity contribution < 1.29 is 27.8 Å². The molecule has 1 atom stereocenters. The molecule has 0 fully saturated rings. The Morgan fingerprint density at radius 1 is 1.21 bits per heavy atom. The standard InChI is InChI=1S/C12H14F3NO3/c13-12(14,15)8-5-11-10(18-2-1-3-19-11)4-7(8)9(17)6-16/h4-5,9,17H,1-3,6,16H2. The van der Waals surface area contributed by atoms with Crippen molar-refractivity contribution in [3.8, 4) is 11.5 Å². The van der Waals surface area contributed by atoms with E-state index in [-0.39, 0.29) is 23.6 Å². The van der Waals surface area contributed by atoms with Gasteiger partial charge in [0.15, 0.2) is 11.5 Å². The molecule has 0 amide bonds. The van der Waals surface area contributed by atoms with Crippen molar-refractivity contribution in [3.63, 3.8) is 0 Å². The number of halogens is 3. The van der Waals surface area contributed by atoms with E-state index >= 15 is 0 Å². The van der Waals surface area contributed by atoms with Crippen molar-refractivity contribution in [2.75, 3.05) is 19.8 Å². The predicted octanol–water partition coefficient (Wildman–Crippen LogP) is 1.86. The van der Waals surface area contributed by atoms with E-state index < -0.39 is 17.8 Å². The van der Waals surface area contributed by atoms with Crippen molar-refractivity contribution in [1.82, 2.24) is 0 Å². The van der Waals surface area contributed by atoms with Gasteiger partial charge in [0.05, 0.1) is 24.9 Å². The number of nitrogens with two attached hydrogens (primary N) is 1. The molecule has 1 aromatic rings. The SMILES string of the molecule is NCC(O)c1cc2c(cc1C(F)(F)F)OCCCO2. The highest BCUT2D eigenvalue weighted by atomic mass is 19.4. The largest absolute Gasteiger partial charge is 0.490 e. The third-order valence-corrected chi connectivity index (χ3v) is 2.81. The molecule has 0 saturated heterocycles. The molecule has 3 N–H and O–H groups in total. The second kappa shape index (κ2) is 5.26. The molecule has 0 aliphatic carbocycles. The molecule has 2 rings (SSSR count). The Morgan fingerprint density at radius 3 is 2.32 bits per heavy atom. The lowest BCUT2D eigenvalue weighted by atomic mass is 10.0. The van der Waals surface area contributed by atoms with Crippen LogP contribution in [0.4, 0.5) is 13.2 Å². The van der Waals surface area contributed by atoms with Gasteiger partial charge < -0.3 is 20.3 Å². The topological polar surface area (TPSA) is 64.7 Å². The summed E-state index contributed by atoms with van der Waals surface area (Å²) in [5, 5.41) is 9.62. The third-order valence-electron chi connectivity index (χ3n) is 2.81. The maximum atomic E-state index is 13.0.